The quantitative estimate of drug-likeness (QED) is 0.799. The molecule has 1 saturated carbocycles. The molecular weight excluding hydrogens is 322 g/mol. The average Bonchev–Trinajstić information content (AvgIpc) is 3.44. The maximum atomic E-state index is 11.7. The number of nitrogens with zero attached hydrogens (tertiary/aromatic N) is 1. The summed E-state index contributed by atoms with van der Waals surface area (Å²) in [7, 11) is 1.42. The number of carbonyl (C=O) groups is 2. The van der Waals surface area contributed by atoms with Crippen LogP contribution in [0.3, 0.4) is 0 Å². The van der Waals surface area contributed by atoms with Gasteiger partial charge in [0.2, 0.25) is 0 Å². The summed E-state index contributed by atoms with van der Waals surface area (Å²) in [5.41, 5.74) is 1.09. The monoisotopic (exact) mass is 347 g/mol. The lowest BCUT2D eigenvalue weighted by molar-refractivity contribution is -0.141. The van der Waals surface area contributed by atoms with Gasteiger partial charge in [-0.25, -0.2) is 4.79 Å². The van der Waals surface area contributed by atoms with E-state index in [9.17, 15) is 9.59 Å². The van der Waals surface area contributed by atoms with Crippen LogP contribution in [0.4, 0.5) is 4.79 Å². The number of ether oxygens (including phenoxy) is 2. The highest BCUT2D eigenvalue weighted by atomic mass is 16.5. The summed E-state index contributed by atoms with van der Waals surface area (Å²) < 4.78 is 10.9. The number of esters is 1. The van der Waals surface area contributed by atoms with Gasteiger partial charge in [-0.1, -0.05) is 12.1 Å². The van der Waals surface area contributed by atoms with Crippen molar-refractivity contribution in [1.82, 2.24) is 4.90 Å². The zero-order valence-electron chi connectivity index (χ0n) is 14.5. The number of carbonyl (C=O) groups excluding carboxylic acids is 1. The third-order valence-electron chi connectivity index (χ3n) is 5.04. The summed E-state index contributed by atoms with van der Waals surface area (Å²) in [5.74, 6) is 1.25. The first-order chi connectivity index (χ1) is 12.1. The molecule has 1 heterocycles. The highest BCUT2D eigenvalue weighted by Gasteiger charge is 2.34. The van der Waals surface area contributed by atoms with Crippen LogP contribution in [0.5, 0.6) is 5.75 Å². The standard InChI is InChI=1S/C19H25NO5/c1-24-18(21)11-17(13-7-8-13)14-4-2-5-15(10-14)25-16-6-3-9-20(12-16)19(22)23/h2,4-5,10,13,16-17H,3,6-9,11-12H2,1H3,(H,22,23). The Morgan fingerprint density at radius 2 is 2.12 bits per heavy atom. The molecule has 1 N–H and O–H groups in total. The normalized spacial score (nSPS) is 21.5. The molecular formula is C19H25NO5. The van der Waals surface area contributed by atoms with Gasteiger partial charge in [-0.2, -0.15) is 0 Å². The maximum Gasteiger partial charge on any atom is 0.407 e. The van der Waals surface area contributed by atoms with E-state index >= 15 is 0 Å². The summed E-state index contributed by atoms with van der Waals surface area (Å²) in [6.07, 6.45) is 3.31. The van der Waals surface area contributed by atoms with Gasteiger partial charge in [0, 0.05) is 6.54 Å². The lowest BCUT2D eigenvalue weighted by Gasteiger charge is -2.31. The van der Waals surface area contributed by atoms with Gasteiger partial charge < -0.3 is 19.5 Å². The third-order valence-corrected chi connectivity index (χ3v) is 5.04. The summed E-state index contributed by atoms with van der Waals surface area (Å²) in [6, 6.07) is 7.86. The Hall–Kier alpha value is -2.24. The lowest BCUT2D eigenvalue weighted by atomic mass is 9.91. The molecule has 1 aromatic carbocycles. The molecule has 25 heavy (non-hydrogen) atoms. The molecule has 0 aromatic heterocycles. The Bertz CT molecular complexity index is 628. The molecule has 3 rings (SSSR count). The smallest absolute Gasteiger partial charge is 0.407 e. The number of carboxylic acid groups (broad SMARTS) is 1. The Balaban J connectivity index is 1.68. The largest absolute Gasteiger partial charge is 0.489 e. The van der Waals surface area contributed by atoms with E-state index in [0.717, 1.165) is 37.0 Å². The molecule has 2 atom stereocenters. The molecule has 1 aromatic rings. The molecule has 1 saturated heterocycles. The maximum absolute atomic E-state index is 11.7. The second kappa shape index (κ2) is 7.76. The van der Waals surface area contributed by atoms with E-state index in [-0.39, 0.29) is 18.0 Å². The molecule has 0 radical (unpaired) electrons. The number of hydrogen-bond donors (Lipinski definition) is 1. The minimum absolute atomic E-state index is 0.125. The molecule has 0 spiro atoms. The first-order valence-corrected chi connectivity index (χ1v) is 8.88. The van der Waals surface area contributed by atoms with Crippen molar-refractivity contribution in [2.24, 2.45) is 5.92 Å². The van der Waals surface area contributed by atoms with Crippen LogP contribution in [0, 0.1) is 5.92 Å². The van der Waals surface area contributed by atoms with Crippen LogP contribution in [-0.4, -0.2) is 48.4 Å². The van der Waals surface area contributed by atoms with E-state index < -0.39 is 6.09 Å². The van der Waals surface area contributed by atoms with Gasteiger partial charge in [0.15, 0.2) is 0 Å². The van der Waals surface area contributed by atoms with Crippen molar-refractivity contribution in [3.8, 4) is 5.75 Å². The summed E-state index contributed by atoms with van der Waals surface area (Å²) in [4.78, 5) is 24.3. The molecule has 2 aliphatic rings. The Morgan fingerprint density at radius 1 is 1.32 bits per heavy atom. The van der Waals surface area contributed by atoms with Crippen LogP contribution in [0.2, 0.25) is 0 Å². The van der Waals surface area contributed by atoms with Crippen LogP contribution in [0.15, 0.2) is 24.3 Å². The molecule has 136 valence electrons. The lowest BCUT2D eigenvalue weighted by Crippen LogP contribution is -2.43. The van der Waals surface area contributed by atoms with Crippen molar-refractivity contribution in [1.29, 1.82) is 0 Å². The second-order valence-corrected chi connectivity index (χ2v) is 6.91. The molecule has 2 unspecified atom stereocenters. The molecule has 0 bridgehead atoms. The van der Waals surface area contributed by atoms with E-state index in [0.29, 0.717) is 25.4 Å². The fourth-order valence-corrected chi connectivity index (χ4v) is 3.54. The highest BCUT2D eigenvalue weighted by molar-refractivity contribution is 5.70. The van der Waals surface area contributed by atoms with Gasteiger partial charge in [0.1, 0.15) is 11.9 Å². The van der Waals surface area contributed by atoms with Gasteiger partial charge in [-0.15, -0.1) is 0 Å². The number of benzene rings is 1. The van der Waals surface area contributed by atoms with E-state index in [2.05, 4.69) is 0 Å². The SMILES string of the molecule is COC(=O)CC(c1cccc(OC2CCCN(C(=O)O)C2)c1)C1CC1. The number of hydrogen-bond acceptors (Lipinski definition) is 4. The van der Waals surface area contributed by atoms with Gasteiger partial charge in [0.25, 0.3) is 0 Å². The Morgan fingerprint density at radius 3 is 2.80 bits per heavy atom. The van der Waals surface area contributed by atoms with Crippen LogP contribution in [0.25, 0.3) is 0 Å². The molecule has 1 aliphatic heterocycles. The van der Waals surface area contributed by atoms with Crippen LogP contribution in [-0.2, 0) is 9.53 Å². The average molecular weight is 347 g/mol. The Labute approximate surface area is 147 Å². The van der Waals surface area contributed by atoms with Gasteiger partial charge >= 0.3 is 12.1 Å². The number of likely N-dealkylation sites (tertiary alicyclic amines) is 1. The zero-order valence-corrected chi connectivity index (χ0v) is 14.5. The van der Waals surface area contributed by atoms with E-state index in [1.807, 2.05) is 24.3 Å². The van der Waals surface area contributed by atoms with Crippen molar-refractivity contribution in [2.45, 2.75) is 44.1 Å². The van der Waals surface area contributed by atoms with Gasteiger partial charge in [-0.3, -0.25) is 4.79 Å². The molecule has 1 aliphatic carbocycles. The summed E-state index contributed by atoms with van der Waals surface area (Å²) >= 11 is 0. The predicted molar refractivity (Wildman–Crippen MR) is 91.8 cm³/mol. The molecule has 2 fully saturated rings. The molecule has 6 heteroatoms. The predicted octanol–water partition coefficient (Wildman–Crippen LogP) is 3.26. The fourth-order valence-electron chi connectivity index (χ4n) is 3.54. The van der Waals surface area contributed by atoms with Crippen molar-refractivity contribution >= 4 is 12.1 Å². The zero-order chi connectivity index (χ0) is 17.8. The molecule has 6 nitrogen and oxygen atoms in total. The number of rotatable bonds is 6. The number of amides is 1. The third kappa shape index (κ3) is 4.65. The first kappa shape index (κ1) is 17.6. The van der Waals surface area contributed by atoms with Crippen LogP contribution < -0.4 is 4.74 Å². The van der Waals surface area contributed by atoms with Crippen LogP contribution in [0.1, 0.15) is 43.6 Å². The number of methoxy groups -OCH3 is 1. The van der Waals surface area contributed by atoms with Crippen LogP contribution >= 0.6 is 0 Å². The van der Waals surface area contributed by atoms with Crippen molar-refractivity contribution in [2.75, 3.05) is 20.2 Å². The van der Waals surface area contributed by atoms with Gasteiger partial charge in [0.05, 0.1) is 20.1 Å². The van der Waals surface area contributed by atoms with E-state index in [1.54, 1.807) is 0 Å². The van der Waals surface area contributed by atoms with Crippen molar-refractivity contribution in [3.63, 3.8) is 0 Å². The van der Waals surface area contributed by atoms with Gasteiger partial charge in [-0.05, 0) is 55.2 Å². The summed E-state index contributed by atoms with van der Waals surface area (Å²) in [5, 5.41) is 9.14. The topological polar surface area (TPSA) is 76.1 Å². The van der Waals surface area contributed by atoms with Crippen molar-refractivity contribution in [3.05, 3.63) is 29.8 Å². The minimum atomic E-state index is -0.895. The summed E-state index contributed by atoms with van der Waals surface area (Å²) in [6.45, 7) is 0.964. The molecule has 1 amide bonds. The van der Waals surface area contributed by atoms with Crippen molar-refractivity contribution < 1.29 is 24.2 Å². The highest BCUT2D eigenvalue weighted by Crippen LogP contribution is 2.45. The fraction of sp³-hybridized carbons (Fsp3) is 0.579. The van der Waals surface area contributed by atoms with E-state index in [1.165, 1.54) is 12.0 Å². The number of piperidine rings is 1. The second-order valence-electron chi connectivity index (χ2n) is 6.91. The first-order valence-electron chi connectivity index (χ1n) is 8.88. The minimum Gasteiger partial charge on any atom is -0.489 e. The Kier molecular flexibility index (Phi) is 5.46. The van der Waals surface area contributed by atoms with E-state index in [4.69, 9.17) is 14.6 Å².